The molecule has 4 heterocycles. The van der Waals surface area contributed by atoms with Crippen LogP contribution in [0.2, 0.25) is 0 Å². The fourth-order valence-electron chi connectivity index (χ4n) is 4.53. The van der Waals surface area contributed by atoms with Crippen molar-refractivity contribution in [2.75, 3.05) is 35.7 Å². The molecule has 0 aliphatic carbocycles. The first-order chi connectivity index (χ1) is 16.8. The predicted octanol–water partition coefficient (Wildman–Crippen LogP) is 3.11. The number of rotatable bonds is 6. The molecule has 0 radical (unpaired) electrons. The second-order valence-corrected chi connectivity index (χ2v) is 10.8. The minimum Gasteiger partial charge on any atom is -0.474 e. The monoisotopic (exact) mass is 498 g/mol. The Balaban J connectivity index is 1.26. The highest BCUT2D eigenvalue weighted by Gasteiger charge is 2.29. The molecule has 2 aromatic heterocycles. The van der Waals surface area contributed by atoms with Crippen molar-refractivity contribution in [2.24, 2.45) is 0 Å². The van der Waals surface area contributed by atoms with Gasteiger partial charge < -0.3 is 14.5 Å². The Kier molecular flexibility index (Phi) is 6.26. The number of hydrogen-bond donors (Lipinski definition) is 0. The number of benzene rings is 1. The van der Waals surface area contributed by atoms with Crippen molar-refractivity contribution in [3.8, 4) is 5.88 Å². The van der Waals surface area contributed by atoms with Crippen molar-refractivity contribution >= 4 is 27.3 Å². The summed E-state index contributed by atoms with van der Waals surface area (Å²) in [5, 5.41) is 0. The number of anilines is 3. The Labute approximate surface area is 203 Å². The maximum Gasteiger partial charge on any atom is 0.225 e. The number of aryl methyl sites for hydroxylation is 1. The first kappa shape index (κ1) is 23.4. The van der Waals surface area contributed by atoms with E-state index in [1.807, 2.05) is 17.3 Å². The zero-order valence-electron chi connectivity index (χ0n) is 19.7. The van der Waals surface area contributed by atoms with Crippen LogP contribution in [-0.4, -0.2) is 60.3 Å². The van der Waals surface area contributed by atoms with Gasteiger partial charge in [-0.1, -0.05) is 6.92 Å². The Bertz CT molecular complexity index is 1330. The highest BCUT2D eigenvalue weighted by molar-refractivity contribution is 7.90. The summed E-state index contributed by atoms with van der Waals surface area (Å²) in [6.07, 6.45) is 9.12. The second kappa shape index (κ2) is 9.37. The molecule has 0 saturated carbocycles. The number of fused-ring (bicyclic) bond motifs is 1. The van der Waals surface area contributed by atoms with Crippen LogP contribution in [0.1, 0.15) is 30.9 Å². The molecule has 0 unspecified atom stereocenters. The van der Waals surface area contributed by atoms with Gasteiger partial charge in [-0.3, -0.25) is 0 Å². The highest BCUT2D eigenvalue weighted by Crippen LogP contribution is 2.37. The molecule has 35 heavy (non-hydrogen) atoms. The highest BCUT2D eigenvalue weighted by atomic mass is 32.2. The van der Waals surface area contributed by atoms with Gasteiger partial charge in [0.2, 0.25) is 11.8 Å². The lowest BCUT2D eigenvalue weighted by Gasteiger charge is -2.32. The van der Waals surface area contributed by atoms with Crippen LogP contribution in [0, 0.1) is 5.82 Å². The maximum atomic E-state index is 14.9. The van der Waals surface area contributed by atoms with Crippen LogP contribution in [-0.2, 0) is 22.7 Å². The van der Waals surface area contributed by atoms with Gasteiger partial charge in [0, 0.05) is 68.4 Å². The third-order valence-corrected chi connectivity index (χ3v) is 7.59. The number of ether oxygens (including phenoxy) is 1. The molecule has 2 aliphatic rings. The van der Waals surface area contributed by atoms with Gasteiger partial charge in [0.25, 0.3) is 0 Å². The summed E-state index contributed by atoms with van der Waals surface area (Å²) >= 11 is 0. The zero-order valence-corrected chi connectivity index (χ0v) is 20.5. The van der Waals surface area contributed by atoms with E-state index in [1.165, 1.54) is 12.4 Å². The van der Waals surface area contributed by atoms with E-state index in [0.717, 1.165) is 50.1 Å². The van der Waals surface area contributed by atoms with E-state index in [-0.39, 0.29) is 11.0 Å². The summed E-state index contributed by atoms with van der Waals surface area (Å²) in [5.41, 5.74) is 2.11. The summed E-state index contributed by atoms with van der Waals surface area (Å²) in [6.45, 7) is 4.14. The van der Waals surface area contributed by atoms with Gasteiger partial charge in [0.1, 0.15) is 29.0 Å². The number of aromatic nitrogens is 4. The maximum absolute atomic E-state index is 14.9. The molecule has 3 aromatic rings. The molecule has 11 heteroatoms. The number of nitrogens with zero attached hydrogens (tertiary/aromatic N) is 6. The molecule has 0 spiro atoms. The van der Waals surface area contributed by atoms with E-state index in [9.17, 15) is 12.8 Å². The molecule has 2 aliphatic heterocycles. The third kappa shape index (κ3) is 4.77. The minimum atomic E-state index is -3.64. The van der Waals surface area contributed by atoms with E-state index >= 15 is 0 Å². The minimum absolute atomic E-state index is 0.00421. The summed E-state index contributed by atoms with van der Waals surface area (Å²) in [7, 11) is -3.64. The van der Waals surface area contributed by atoms with Crippen molar-refractivity contribution in [1.82, 2.24) is 19.9 Å². The summed E-state index contributed by atoms with van der Waals surface area (Å²) < 4.78 is 44.7. The van der Waals surface area contributed by atoms with E-state index in [0.29, 0.717) is 35.9 Å². The van der Waals surface area contributed by atoms with E-state index < -0.39 is 15.7 Å². The Morgan fingerprint density at radius 2 is 1.83 bits per heavy atom. The fraction of sp³-hybridized carbons (Fsp3) is 0.417. The number of hydrogen-bond acceptors (Lipinski definition) is 9. The fourth-order valence-corrected chi connectivity index (χ4v) is 5.29. The Morgan fingerprint density at radius 1 is 1.09 bits per heavy atom. The van der Waals surface area contributed by atoms with Gasteiger partial charge in [-0.05, 0) is 30.5 Å². The molecule has 9 nitrogen and oxygen atoms in total. The largest absolute Gasteiger partial charge is 0.474 e. The molecule has 0 bridgehead atoms. The van der Waals surface area contributed by atoms with E-state index in [2.05, 4.69) is 31.8 Å². The number of piperidine rings is 1. The van der Waals surface area contributed by atoms with E-state index in [1.54, 1.807) is 12.1 Å². The summed E-state index contributed by atoms with van der Waals surface area (Å²) in [4.78, 5) is 21.3. The van der Waals surface area contributed by atoms with Crippen molar-refractivity contribution < 1.29 is 17.5 Å². The predicted molar refractivity (Wildman–Crippen MR) is 130 cm³/mol. The number of sulfone groups is 1. The van der Waals surface area contributed by atoms with Crippen molar-refractivity contribution in [2.45, 2.75) is 43.6 Å². The molecule has 5 rings (SSSR count). The van der Waals surface area contributed by atoms with Crippen molar-refractivity contribution in [3.63, 3.8) is 0 Å². The van der Waals surface area contributed by atoms with Crippen molar-refractivity contribution in [3.05, 3.63) is 53.9 Å². The van der Waals surface area contributed by atoms with Crippen LogP contribution in [0.5, 0.6) is 5.88 Å². The molecule has 1 saturated heterocycles. The third-order valence-electron chi connectivity index (χ3n) is 6.47. The van der Waals surface area contributed by atoms with Crippen LogP contribution in [0.15, 0.2) is 41.8 Å². The number of halogens is 1. The van der Waals surface area contributed by atoms with E-state index in [4.69, 9.17) is 4.74 Å². The molecule has 0 N–H and O–H groups in total. The molecular weight excluding hydrogens is 471 g/mol. The lowest BCUT2D eigenvalue weighted by atomic mass is 10.1. The normalized spacial score (nSPS) is 16.4. The first-order valence-electron chi connectivity index (χ1n) is 11.7. The van der Waals surface area contributed by atoms with Crippen LogP contribution in [0.25, 0.3) is 0 Å². The lowest BCUT2D eigenvalue weighted by molar-refractivity contribution is 0.163. The Hall–Kier alpha value is -3.34. The standard InChI is InChI=1S/C24H27FN6O3S/c1-3-16-13-26-24(27-14-16)30-9-6-17(7-10-30)34-22-12-21(28-15-29-22)31-11-8-18-19(31)4-5-20(23(18)25)35(2,32)33/h4-5,12-15,17H,3,6-11H2,1-2H3. The van der Waals surface area contributed by atoms with Gasteiger partial charge in [-0.15, -0.1) is 0 Å². The Morgan fingerprint density at radius 3 is 2.51 bits per heavy atom. The van der Waals surface area contributed by atoms with Crippen molar-refractivity contribution in [1.29, 1.82) is 0 Å². The molecule has 1 fully saturated rings. The quantitative estimate of drug-likeness (QED) is 0.507. The lowest BCUT2D eigenvalue weighted by Crippen LogP contribution is -2.39. The zero-order chi connectivity index (χ0) is 24.6. The second-order valence-electron chi connectivity index (χ2n) is 8.81. The SMILES string of the molecule is CCc1cnc(N2CCC(Oc3cc(N4CCc5c4ccc(S(C)(=O)=O)c5F)ncn3)CC2)nc1. The first-order valence-corrected chi connectivity index (χ1v) is 13.6. The topological polar surface area (TPSA) is 101 Å². The van der Waals surface area contributed by atoms with Gasteiger partial charge in [-0.2, -0.15) is 0 Å². The smallest absolute Gasteiger partial charge is 0.225 e. The van der Waals surface area contributed by atoms with Gasteiger partial charge in [-0.25, -0.2) is 32.7 Å². The molecule has 0 atom stereocenters. The van der Waals surface area contributed by atoms with Crippen LogP contribution in [0.3, 0.4) is 0 Å². The molecular formula is C24H27FN6O3S. The molecule has 184 valence electrons. The average molecular weight is 499 g/mol. The average Bonchev–Trinajstić information content (AvgIpc) is 3.29. The van der Waals surface area contributed by atoms with Crippen LogP contribution < -0.4 is 14.5 Å². The summed E-state index contributed by atoms with van der Waals surface area (Å²) in [5.74, 6) is 1.10. The molecule has 1 aromatic carbocycles. The van der Waals surface area contributed by atoms with Gasteiger partial charge >= 0.3 is 0 Å². The molecule has 0 amide bonds. The van der Waals surface area contributed by atoms with Gasteiger partial charge in [0.15, 0.2) is 9.84 Å². The summed E-state index contributed by atoms with van der Waals surface area (Å²) in [6, 6.07) is 4.69. The van der Waals surface area contributed by atoms with Crippen LogP contribution in [0.4, 0.5) is 21.8 Å². The van der Waals surface area contributed by atoms with Gasteiger partial charge in [0.05, 0.1) is 0 Å². The van der Waals surface area contributed by atoms with Crippen LogP contribution >= 0.6 is 0 Å².